The van der Waals surface area contributed by atoms with Crippen molar-refractivity contribution in [1.29, 1.82) is 0 Å². The number of anilines is 1. The molecule has 0 aromatic carbocycles. The van der Waals surface area contributed by atoms with Gasteiger partial charge in [-0.25, -0.2) is 14.8 Å². The standard InChI is InChI=1S/C24H32F3N5O2S/c1-34-22(33)30-17-4-2-16(3-5-17)12-31-8-6-23(7-9-31)13-32(14-23)20-19-10-18(11-24(25,26)27)35-21(19)29-15-28-20/h10,15-17H,2-9,11-14H2,1H3,(H,30,33)/t16-,17-. The van der Waals surface area contributed by atoms with E-state index in [-0.39, 0.29) is 22.4 Å². The second-order valence-electron chi connectivity index (χ2n) is 10.4. The van der Waals surface area contributed by atoms with E-state index in [4.69, 9.17) is 4.74 Å². The molecule has 35 heavy (non-hydrogen) atoms. The molecule has 3 aliphatic rings. The fourth-order valence-electron chi connectivity index (χ4n) is 5.95. The van der Waals surface area contributed by atoms with Crippen LogP contribution in [-0.4, -0.2) is 73.0 Å². The summed E-state index contributed by atoms with van der Waals surface area (Å²) in [4.78, 5) is 25.8. The number of piperidine rings is 1. The van der Waals surface area contributed by atoms with Crippen LogP contribution in [0, 0.1) is 11.3 Å². The number of methoxy groups -OCH3 is 1. The summed E-state index contributed by atoms with van der Waals surface area (Å²) >= 11 is 1.11. The number of carbonyl (C=O) groups excluding carboxylic acids is 1. The molecule has 4 heterocycles. The lowest BCUT2D eigenvalue weighted by molar-refractivity contribution is -0.126. The van der Waals surface area contributed by atoms with Gasteiger partial charge >= 0.3 is 12.3 Å². The minimum atomic E-state index is -4.22. The van der Waals surface area contributed by atoms with E-state index in [0.717, 1.165) is 93.8 Å². The fraction of sp³-hybridized carbons (Fsp3) is 0.708. The lowest BCUT2D eigenvalue weighted by atomic mass is 9.71. The van der Waals surface area contributed by atoms with Crippen molar-refractivity contribution in [1.82, 2.24) is 20.2 Å². The molecule has 0 unspecified atom stereocenters. The first kappa shape index (κ1) is 24.5. The molecule has 1 saturated carbocycles. The molecule has 1 N–H and O–H groups in total. The van der Waals surface area contributed by atoms with Crippen LogP contribution >= 0.6 is 11.3 Å². The van der Waals surface area contributed by atoms with E-state index in [9.17, 15) is 18.0 Å². The maximum Gasteiger partial charge on any atom is 0.407 e. The molecule has 3 fully saturated rings. The summed E-state index contributed by atoms with van der Waals surface area (Å²) in [5.74, 6) is 1.45. The summed E-state index contributed by atoms with van der Waals surface area (Å²) in [6.45, 7) is 5.10. The Morgan fingerprint density at radius 2 is 1.91 bits per heavy atom. The van der Waals surface area contributed by atoms with Crippen molar-refractivity contribution in [3.05, 3.63) is 17.3 Å². The number of carbonyl (C=O) groups is 1. The predicted octanol–water partition coefficient (Wildman–Crippen LogP) is 4.61. The number of alkyl halides is 3. The topological polar surface area (TPSA) is 70.6 Å². The summed E-state index contributed by atoms with van der Waals surface area (Å²) in [6, 6.07) is 1.84. The van der Waals surface area contributed by atoms with Gasteiger partial charge in [-0.3, -0.25) is 0 Å². The third-order valence-corrected chi connectivity index (χ3v) is 8.92. The zero-order valence-corrected chi connectivity index (χ0v) is 20.8. The maximum absolute atomic E-state index is 12.8. The van der Waals surface area contributed by atoms with Gasteiger partial charge in [-0.15, -0.1) is 11.3 Å². The van der Waals surface area contributed by atoms with Gasteiger partial charge < -0.3 is 19.9 Å². The Morgan fingerprint density at radius 1 is 1.20 bits per heavy atom. The van der Waals surface area contributed by atoms with Gasteiger partial charge in [0.1, 0.15) is 17.0 Å². The normalized spacial score (nSPS) is 25.0. The second-order valence-corrected chi connectivity index (χ2v) is 11.5. The zero-order chi connectivity index (χ0) is 24.6. The minimum absolute atomic E-state index is 0.227. The molecule has 0 radical (unpaired) electrons. The Kier molecular flexibility index (Phi) is 6.82. The first-order chi connectivity index (χ1) is 16.7. The van der Waals surface area contributed by atoms with E-state index in [1.165, 1.54) is 13.4 Å². The van der Waals surface area contributed by atoms with Gasteiger partial charge in [0, 0.05) is 36.0 Å². The third-order valence-electron chi connectivity index (χ3n) is 7.87. The molecule has 0 bridgehead atoms. The van der Waals surface area contributed by atoms with Crippen molar-refractivity contribution in [2.45, 2.75) is 57.2 Å². The summed E-state index contributed by atoms with van der Waals surface area (Å²) in [5.41, 5.74) is 0.278. The number of rotatable bonds is 5. The molecule has 11 heteroatoms. The number of aromatic nitrogens is 2. The van der Waals surface area contributed by atoms with E-state index in [2.05, 4.69) is 25.1 Å². The summed E-state index contributed by atoms with van der Waals surface area (Å²) in [6.07, 6.45) is 2.54. The van der Waals surface area contributed by atoms with E-state index in [1.54, 1.807) is 6.07 Å². The molecule has 192 valence electrons. The summed E-state index contributed by atoms with van der Waals surface area (Å²) in [7, 11) is 1.40. The van der Waals surface area contributed by atoms with Gasteiger partial charge in [0.05, 0.1) is 18.9 Å². The van der Waals surface area contributed by atoms with Crippen molar-refractivity contribution < 1.29 is 22.7 Å². The molecule has 5 rings (SSSR count). The molecule has 2 saturated heterocycles. The van der Waals surface area contributed by atoms with Crippen LogP contribution in [-0.2, 0) is 11.2 Å². The van der Waals surface area contributed by atoms with Crippen LogP contribution in [0.25, 0.3) is 10.2 Å². The van der Waals surface area contributed by atoms with E-state index in [0.29, 0.717) is 10.7 Å². The van der Waals surface area contributed by atoms with Crippen LogP contribution < -0.4 is 10.2 Å². The molecule has 2 aliphatic heterocycles. The van der Waals surface area contributed by atoms with Crippen LogP contribution in [0.2, 0.25) is 0 Å². The minimum Gasteiger partial charge on any atom is -0.453 e. The molecule has 0 atom stereocenters. The monoisotopic (exact) mass is 511 g/mol. The van der Waals surface area contributed by atoms with Gasteiger partial charge in [-0.05, 0) is 63.6 Å². The number of amides is 1. The largest absolute Gasteiger partial charge is 0.453 e. The van der Waals surface area contributed by atoms with Gasteiger partial charge in [0.25, 0.3) is 0 Å². The number of hydrogen-bond donors (Lipinski definition) is 1. The van der Waals surface area contributed by atoms with Crippen LogP contribution in [0.5, 0.6) is 0 Å². The van der Waals surface area contributed by atoms with Crippen molar-refractivity contribution in [2.24, 2.45) is 11.3 Å². The lowest BCUT2D eigenvalue weighted by Crippen LogP contribution is -2.61. The van der Waals surface area contributed by atoms with Crippen molar-refractivity contribution in [3.63, 3.8) is 0 Å². The maximum atomic E-state index is 12.8. The lowest BCUT2D eigenvalue weighted by Gasteiger charge is -2.55. The number of halogens is 3. The first-order valence-corrected chi connectivity index (χ1v) is 13.2. The van der Waals surface area contributed by atoms with Crippen molar-refractivity contribution >= 4 is 33.5 Å². The van der Waals surface area contributed by atoms with Crippen molar-refractivity contribution in [2.75, 3.05) is 44.7 Å². The Balaban J connectivity index is 1.10. The van der Waals surface area contributed by atoms with Gasteiger partial charge in [0.2, 0.25) is 0 Å². The quantitative estimate of drug-likeness (QED) is 0.632. The van der Waals surface area contributed by atoms with Crippen LogP contribution in [0.4, 0.5) is 23.8 Å². The average Bonchev–Trinajstić information content (AvgIpc) is 3.20. The number of alkyl carbamates (subject to hydrolysis) is 1. The molecule has 1 amide bonds. The molecule has 1 spiro atoms. The van der Waals surface area contributed by atoms with Crippen LogP contribution in [0.3, 0.4) is 0 Å². The smallest absolute Gasteiger partial charge is 0.407 e. The summed E-state index contributed by atoms with van der Waals surface area (Å²) < 4.78 is 43.2. The molecular weight excluding hydrogens is 479 g/mol. The summed E-state index contributed by atoms with van der Waals surface area (Å²) in [5, 5.41) is 3.66. The predicted molar refractivity (Wildman–Crippen MR) is 129 cm³/mol. The Bertz CT molecular complexity index is 1040. The van der Waals surface area contributed by atoms with Gasteiger partial charge in [-0.2, -0.15) is 13.2 Å². The van der Waals surface area contributed by atoms with E-state index < -0.39 is 12.6 Å². The second kappa shape index (κ2) is 9.72. The first-order valence-electron chi connectivity index (χ1n) is 12.3. The number of hydrogen-bond acceptors (Lipinski definition) is 7. The van der Waals surface area contributed by atoms with E-state index in [1.807, 2.05) is 0 Å². The Hall–Kier alpha value is -2.14. The number of thiophene rings is 1. The van der Waals surface area contributed by atoms with E-state index >= 15 is 0 Å². The highest BCUT2D eigenvalue weighted by atomic mass is 32.1. The average molecular weight is 512 g/mol. The zero-order valence-electron chi connectivity index (χ0n) is 19.9. The van der Waals surface area contributed by atoms with Gasteiger partial charge in [0.15, 0.2) is 0 Å². The highest BCUT2D eigenvalue weighted by Gasteiger charge is 2.46. The number of ether oxygens (including phenoxy) is 1. The number of fused-ring (bicyclic) bond motifs is 1. The molecule has 1 aliphatic carbocycles. The SMILES string of the molecule is COC(=O)N[C@H]1CC[C@H](CN2CCC3(CC2)CN(c2ncnc4sc(CC(F)(F)F)cc24)C3)CC1. The number of nitrogens with zero attached hydrogens (tertiary/aromatic N) is 4. The molecule has 2 aromatic rings. The number of likely N-dealkylation sites (tertiary alicyclic amines) is 1. The Labute approximate surface area is 207 Å². The Morgan fingerprint density at radius 3 is 2.57 bits per heavy atom. The number of nitrogens with one attached hydrogen (secondary N) is 1. The molecular formula is C24H32F3N5O2S. The highest BCUT2D eigenvalue weighted by Crippen LogP contribution is 2.44. The van der Waals surface area contributed by atoms with Gasteiger partial charge in [-0.1, -0.05) is 0 Å². The molecule has 2 aromatic heterocycles. The van der Waals surface area contributed by atoms with Crippen LogP contribution in [0.1, 0.15) is 43.4 Å². The molecule has 7 nitrogen and oxygen atoms in total. The fourth-order valence-corrected chi connectivity index (χ4v) is 6.97. The van der Waals surface area contributed by atoms with Crippen LogP contribution in [0.15, 0.2) is 12.4 Å². The third kappa shape index (κ3) is 5.66. The highest BCUT2D eigenvalue weighted by molar-refractivity contribution is 7.18. The van der Waals surface area contributed by atoms with Crippen molar-refractivity contribution in [3.8, 4) is 0 Å².